The lowest BCUT2D eigenvalue weighted by molar-refractivity contribution is -0.114. The zero-order chi connectivity index (χ0) is 19.1. The fourth-order valence-corrected chi connectivity index (χ4v) is 2.13. The topological polar surface area (TPSA) is 114 Å². The lowest BCUT2D eigenvalue weighted by Gasteiger charge is -2.08. The van der Waals surface area contributed by atoms with Gasteiger partial charge in [0.15, 0.2) is 0 Å². The molecular formula is C19H18N4O3. The van der Waals surface area contributed by atoms with Crippen LogP contribution < -0.4 is 16.0 Å². The Bertz CT molecular complexity index is 896. The molecule has 2 aromatic carbocycles. The van der Waals surface area contributed by atoms with Gasteiger partial charge in [0, 0.05) is 30.2 Å². The molecule has 2 aromatic rings. The van der Waals surface area contributed by atoms with Gasteiger partial charge in [0.05, 0.1) is 0 Å². The minimum Gasteiger partial charge on any atom is -0.508 e. The Morgan fingerprint density at radius 2 is 1.73 bits per heavy atom. The van der Waals surface area contributed by atoms with Gasteiger partial charge in [-0.05, 0) is 55.0 Å². The normalized spacial score (nSPS) is 10.6. The number of phenols is 1. The minimum atomic E-state index is -0.566. The van der Waals surface area contributed by atoms with E-state index in [1.807, 2.05) is 6.07 Å². The van der Waals surface area contributed by atoms with E-state index in [0.717, 1.165) is 0 Å². The molecule has 0 saturated carbocycles. The molecule has 0 aromatic heterocycles. The Kier molecular flexibility index (Phi) is 5.96. The van der Waals surface area contributed by atoms with Gasteiger partial charge >= 0.3 is 0 Å². The van der Waals surface area contributed by atoms with E-state index >= 15 is 0 Å². The first-order chi connectivity index (χ1) is 12.4. The number of hydrogen-bond donors (Lipinski definition) is 4. The highest BCUT2D eigenvalue weighted by atomic mass is 16.3. The Balaban J connectivity index is 2.06. The van der Waals surface area contributed by atoms with Crippen molar-refractivity contribution in [1.29, 1.82) is 5.26 Å². The number of nitrogens with zero attached hydrogens (tertiary/aromatic N) is 1. The quantitative estimate of drug-likeness (QED) is 0.376. The predicted molar refractivity (Wildman–Crippen MR) is 99.5 cm³/mol. The van der Waals surface area contributed by atoms with Crippen LogP contribution in [0.25, 0.3) is 0 Å². The molecule has 0 atom stereocenters. The fourth-order valence-electron chi connectivity index (χ4n) is 2.13. The average molecular weight is 350 g/mol. The van der Waals surface area contributed by atoms with E-state index < -0.39 is 5.91 Å². The molecule has 0 fully saturated rings. The van der Waals surface area contributed by atoms with Crippen LogP contribution in [0.2, 0.25) is 0 Å². The maximum Gasteiger partial charge on any atom is 0.267 e. The monoisotopic (exact) mass is 350 g/mol. The number of hydrogen-bond acceptors (Lipinski definition) is 5. The van der Waals surface area contributed by atoms with Gasteiger partial charge in [-0.1, -0.05) is 0 Å². The number of anilines is 3. The summed E-state index contributed by atoms with van der Waals surface area (Å²) in [5, 5.41) is 26.7. The largest absolute Gasteiger partial charge is 0.508 e. The first kappa shape index (κ1) is 18.5. The van der Waals surface area contributed by atoms with Gasteiger partial charge in [-0.15, -0.1) is 0 Å². The van der Waals surface area contributed by atoms with Crippen LogP contribution in [0.3, 0.4) is 0 Å². The van der Waals surface area contributed by atoms with Crippen molar-refractivity contribution in [2.75, 3.05) is 16.0 Å². The molecule has 0 aliphatic rings. The number of rotatable bonds is 5. The van der Waals surface area contributed by atoms with Crippen LogP contribution in [0.5, 0.6) is 5.75 Å². The van der Waals surface area contributed by atoms with Crippen molar-refractivity contribution in [2.45, 2.75) is 13.8 Å². The van der Waals surface area contributed by atoms with Crippen molar-refractivity contribution in [2.24, 2.45) is 0 Å². The van der Waals surface area contributed by atoms with Gasteiger partial charge in [-0.2, -0.15) is 5.26 Å². The summed E-state index contributed by atoms with van der Waals surface area (Å²) < 4.78 is 0. The van der Waals surface area contributed by atoms with Crippen molar-refractivity contribution in [3.05, 3.63) is 59.8 Å². The van der Waals surface area contributed by atoms with Crippen LogP contribution in [0.1, 0.15) is 12.5 Å². The van der Waals surface area contributed by atoms with Gasteiger partial charge in [0.2, 0.25) is 5.91 Å². The average Bonchev–Trinajstić information content (AvgIpc) is 2.59. The molecule has 0 radical (unpaired) electrons. The highest BCUT2D eigenvalue weighted by molar-refractivity contribution is 6.07. The van der Waals surface area contributed by atoms with Crippen LogP contribution in [-0.4, -0.2) is 16.9 Å². The van der Waals surface area contributed by atoms with Crippen molar-refractivity contribution in [1.82, 2.24) is 0 Å². The maximum atomic E-state index is 12.2. The van der Waals surface area contributed by atoms with E-state index in [9.17, 15) is 20.0 Å². The van der Waals surface area contributed by atoms with E-state index in [-0.39, 0.29) is 17.2 Å². The second-order valence-electron chi connectivity index (χ2n) is 5.53. The van der Waals surface area contributed by atoms with E-state index in [1.54, 1.807) is 37.3 Å². The van der Waals surface area contributed by atoms with E-state index in [1.165, 1.54) is 25.3 Å². The molecule has 0 bridgehead atoms. The molecule has 0 aliphatic carbocycles. The van der Waals surface area contributed by atoms with Gasteiger partial charge in [-0.3, -0.25) is 9.59 Å². The Morgan fingerprint density at radius 1 is 1.08 bits per heavy atom. The third-order valence-corrected chi connectivity index (χ3v) is 3.41. The first-order valence-electron chi connectivity index (χ1n) is 7.74. The number of aromatic hydroxyl groups is 1. The minimum absolute atomic E-state index is 0.0981. The number of aryl methyl sites for hydroxylation is 1. The third kappa shape index (κ3) is 5.11. The number of phenolic OH excluding ortho intramolecular Hbond substituents is 1. The molecule has 0 heterocycles. The zero-order valence-corrected chi connectivity index (χ0v) is 14.3. The fraction of sp³-hybridized carbons (Fsp3) is 0.105. The summed E-state index contributed by atoms with van der Waals surface area (Å²) in [6.45, 7) is 3.16. The van der Waals surface area contributed by atoms with E-state index in [2.05, 4.69) is 16.0 Å². The summed E-state index contributed by atoms with van der Waals surface area (Å²) in [6.07, 6.45) is 1.30. The second-order valence-corrected chi connectivity index (χ2v) is 5.53. The molecule has 0 unspecified atom stereocenters. The van der Waals surface area contributed by atoms with Gasteiger partial charge in [0.25, 0.3) is 5.91 Å². The molecule has 7 heteroatoms. The molecule has 4 N–H and O–H groups in total. The molecule has 26 heavy (non-hydrogen) atoms. The lowest BCUT2D eigenvalue weighted by atomic mass is 10.2. The van der Waals surface area contributed by atoms with Gasteiger partial charge in [0.1, 0.15) is 17.4 Å². The number of carbonyl (C=O) groups excluding carboxylic acids is 2. The standard InChI is InChI=1S/C19H18N4O3/c1-12-9-17(25)7-8-18(12)23-19(26)14(10-20)11-21-15-3-5-16(6-4-15)22-13(2)24/h3-9,11,21,25H,1-2H3,(H,22,24)(H,23,26)/b14-11-. The summed E-state index contributed by atoms with van der Waals surface area (Å²) in [5.74, 6) is -0.636. The van der Waals surface area contributed by atoms with Crippen molar-refractivity contribution in [3.63, 3.8) is 0 Å². The Labute approximate surface area is 151 Å². The van der Waals surface area contributed by atoms with Gasteiger partial charge < -0.3 is 21.1 Å². The first-order valence-corrected chi connectivity index (χ1v) is 7.74. The highest BCUT2D eigenvalue weighted by Crippen LogP contribution is 2.20. The molecule has 132 valence electrons. The summed E-state index contributed by atoms with van der Waals surface area (Å²) in [4.78, 5) is 23.2. The van der Waals surface area contributed by atoms with E-state index in [0.29, 0.717) is 22.6 Å². The van der Waals surface area contributed by atoms with Gasteiger partial charge in [-0.25, -0.2) is 0 Å². The van der Waals surface area contributed by atoms with Crippen LogP contribution in [0.15, 0.2) is 54.2 Å². The summed E-state index contributed by atoms with van der Waals surface area (Å²) in [7, 11) is 0. The predicted octanol–water partition coefficient (Wildman–Crippen LogP) is 3.12. The highest BCUT2D eigenvalue weighted by Gasteiger charge is 2.11. The number of benzene rings is 2. The third-order valence-electron chi connectivity index (χ3n) is 3.41. The second kappa shape index (κ2) is 8.35. The molecule has 7 nitrogen and oxygen atoms in total. The van der Waals surface area contributed by atoms with Crippen LogP contribution in [0.4, 0.5) is 17.1 Å². The van der Waals surface area contributed by atoms with Crippen molar-refractivity contribution in [3.8, 4) is 11.8 Å². The van der Waals surface area contributed by atoms with Crippen molar-refractivity contribution >= 4 is 28.9 Å². The summed E-state index contributed by atoms with van der Waals surface area (Å²) in [5.41, 5.74) is 2.38. The summed E-state index contributed by atoms with van der Waals surface area (Å²) >= 11 is 0. The molecule has 0 spiro atoms. The molecule has 2 rings (SSSR count). The van der Waals surface area contributed by atoms with Crippen LogP contribution in [-0.2, 0) is 9.59 Å². The Hall–Kier alpha value is -3.79. The summed E-state index contributed by atoms with van der Waals surface area (Å²) in [6, 6.07) is 13.2. The molecular weight excluding hydrogens is 332 g/mol. The number of carbonyl (C=O) groups is 2. The van der Waals surface area contributed by atoms with E-state index in [4.69, 9.17) is 0 Å². The molecule has 2 amide bonds. The number of nitriles is 1. The Morgan fingerprint density at radius 3 is 2.31 bits per heavy atom. The number of amides is 2. The van der Waals surface area contributed by atoms with Crippen LogP contribution >= 0.6 is 0 Å². The zero-order valence-electron chi connectivity index (χ0n) is 14.3. The lowest BCUT2D eigenvalue weighted by Crippen LogP contribution is -2.15. The SMILES string of the molecule is CC(=O)Nc1ccc(N/C=C(/C#N)C(=O)Nc2ccc(O)cc2C)cc1. The maximum absolute atomic E-state index is 12.2. The molecule has 0 saturated heterocycles. The smallest absolute Gasteiger partial charge is 0.267 e. The number of nitrogens with one attached hydrogen (secondary N) is 3. The van der Waals surface area contributed by atoms with Crippen molar-refractivity contribution < 1.29 is 14.7 Å². The van der Waals surface area contributed by atoms with Crippen LogP contribution in [0, 0.1) is 18.3 Å². The molecule has 0 aliphatic heterocycles.